The van der Waals surface area contributed by atoms with Crippen LogP contribution in [0.4, 0.5) is 13.2 Å². The van der Waals surface area contributed by atoms with Gasteiger partial charge in [0.1, 0.15) is 0 Å². The average Bonchev–Trinajstić information content (AvgIpc) is 2.20. The lowest BCUT2D eigenvalue weighted by atomic mass is 9.98. The van der Waals surface area contributed by atoms with Crippen LogP contribution in [0, 0.1) is 5.92 Å². The molecule has 16 heavy (non-hydrogen) atoms. The summed E-state index contributed by atoms with van der Waals surface area (Å²) < 4.78 is 35.6. The van der Waals surface area contributed by atoms with Gasteiger partial charge in [0.05, 0.1) is 0 Å². The molecule has 0 aliphatic heterocycles. The Kier molecular flexibility index (Phi) is 8.28. The Morgan fingerprint density at radius 3 is 2.25 bits per heavy atom. The highest BCUT2D eigenvalue weighted by molar-refractivity contribution is 8.00. The van der Waals surface area contributed by atoms with E-state index in [1.807, 2.05) is 0 Å². The zero-order chi connectivity index (χ0) is 12.6. The predicted molar refractivity (Wildman–Crippen MR) is 64.7 cm³/mol. The molecule has 5 heteroatoms. The Morgan fingerprint density at radius 1 is 1.19 bits per heavy atom. The van der Waals surface area contributed by atoms with E-state index in [0.717, 1.165) is 19.3 Å². The van der Waals surface area contributed by atoms with Gasteiger partial charge in [-0.05, 0) is 30.5 Å². The second-order valence-corrected chi connectivity index (χ2v) is 5.26. The van der Waals surface area contributed by atoms with Crippen LogP contribution in [-0.2, 0) is 0 Å². The largest absolute Gasteiger partial charge is 0.441 e. The first-order chi connectivity index (χ1) is 7.39. The van der Waals surface area contributed by atoms with Crippen molar-refractivity contribution in [3.63, 3.8) is 0 Å². The zero-order valence-corrected chi connectivity index (χ0v) is 11.0. The smallest absolute Gasteiger partial charge is 0.313 e. The van der Waals surface area contributed by atoms with Crippen LogP contribution in [0.5, 0.6) is 0 Å². The van der Waals surface area contributed by atoms with Gasteiger partial charge in [0.25, 0.3) is 0 Å². The molecule has 0 aromatic heterocycles. The van der Waals surface area contributed by atoms with Crippen molar-refractivity contribution in [2.75, 3.05) is 12.3 Å². The van der Waals surface area contributed by atoms with Crippen LogP contribution in [0.2, 0.25) is 0 Å². The topological polar surface area (TPSA) is 12.0 Å². The minimum absolute atomic E-state index is 0.0482. The molecule has 2 unspecified atom stereocenters. The molecule has 1 nitrogen and oxygen atoms in total. The molecule has 0 heterocycles. The lowest BCUT2D eigenvalue weighted by Gasteiger charge is -2.20. The van der Waals surface area contributed by atoms with Gasteiger partial charge in [-0.15, -0.1) is 0 Å². The summed E-state index contributed by atoms with van der Waals surface area (Å²) in [6.45, 7) is 6.81. The van der Waals surface area contributed by atoms with Crippen molar-refractivity contribution in [1.82, 2.24) is 5.32 Å². The van der Waals surface area contributed by atoms with Gasteiger partial charge in [-0.2, -0.15) is 13.2 Å². The molecule has 0 spiro atoms. The van der Waals surface area contributed by atoms with E-state index < -0.39 is 5.51 Å². The second-order valence-electron chi connectivity index (χ2n) is 4.10. The quantitative estimate of drug-likeness (QED) is 0.658. The van der Waals surface area contributed by atoms with E-state index in [0.29, 0.717) is 18.5 Å². The van der Waals surface area contributed by atoms with Gasteiger partial charge in [0.2, 0.25) is 0 Å². The second kappa shape index (κ2) is 8.23. The summed E-state index contributed by atoms with van der Waals surface area (Å²) in [6.07, 6.45) is 3.14. The number of rotatable bonds is 8. The van der Waals surface area contributed by atoms with Crippen molar-refractivity contribution in [2.24, 2.45) is 5.92 Å². The van der Waals surface area contributed by atoms with Crippen molar-refractivity contribution in [3.05, 3.63) is 0 Å². The third-order valence-electron chi connectivity index (χ3n) is 2.68. The van der Waals surface area contributed by atoms with Gasteiger partial charge < -0.3 is 5.32 Å². The molecule has 0 radical (unpaired) electrons. The Morgan fingerprint density at radius 2 is 1.81 bits per heavy atom. The van der Waals surface area contributed by atoms with E-state index in [2.05, 4.69) is 26.1 Å². The summed E-state index contributed by atoms with van der Waals surface area (Å²) in [6, 6.07) is 0.351. The van der Waals surface area contributed by atoms with Gasteiger partial charge in [-0.25, -0.2) is 0 Å². The van der Waals surface area contributed by atoms with E-state index in [1.54, 1.807) is 0 Å². The molecular formula is C11H22F3NS. The summed E-state index contributed by atoms with van der Waals surface area (Å²) in [5.41, 5.74) is -4.10. The zero-order valence-electron chi connectivity index (χ0n) is 10.2. The fourth-order valence-corrected chi connectivity index (χ4v) is 1.93. The lowest BCUT2D eigenvalue weighted by Crippen LogP contribution is -2.32. The average molecular weight is 257 g/mol. The van der Waals surface area contributed by atoms with Crippen molar-refractivity contribution >= 4 is 11.8 Å². The number of hydrogen-bond acceptors (Lipinski definition) is 2. The Balaban J connectivity index is 3.63. The number of hydrogen-bond donors (Lipinski definition) is 1. The van der Waals surface area contributed by atoms with E-state index in [-0.39, 0.29) is 17.5 Å². The van der Waals surface area contributed by atoms with Crippen molar-refractivity contribution < 1.29 is 13.2 Å². The summed E-state index contributed by atoms with van der Waals surface area (Å²) in [5, 5.41) is 3.19. The Bertz CT molecular complexity index is 173. The van der Waals surface area contributed by atoms with Crippen LogP contribution < -0.4 is 5.32 Å². The monoisotopic (exact) mass is 257 g/mol. The van der Waals surface area contributed by atoms with Crippen molar-refractivity contribution in [2.45, 2.75) is 51.6 Å². The minimum Gasteiger partial charge on any atom is -0.313 e. The molecule has 0 saturated heterocycles. The van der Waals surface area contributed by atoms with Crippen LogP contribution in [0.1, 0.15) is 40.0 Å². The number of alkyl halides is 3. The summed E-state index contributed by atoms with van der Waals surface area (Å²) in [5.74, 6) is 0.730. The summed E-state index contributed by atoms with van der Waals surface area (Å²) in [4.78, 5) is 0. The lowest BCUT2D eigenvalue weighted by molar-refractivity contribution is -0.0327. The molecule has 0 aliphatic carbocycles. The maximum atomic E-state index is 11.9. The maximum absolute atomic E-state index is 11.9. The first kappa shape index (κ1) is 16.1. The third kappa shape index (κ3) is 9.33. The molecule has 0 aliphatic rings. The fraction of sp³-hybridized carbons (Fsp3) is 1.00. The summed E-state index contributed by atoms with van der Waals surface area (Å²) >= 11 is 0.0482. The van der Waals surface area contributed by atoms with E-state index in [4.69, 9.17) is 0 Å². The fourth-order valence-electron chi connectivity index (χ4n) is 1.48. The maximum Gasteiger partial charge on any atom is 0.441 e. The SMILES string of the molecule is CCC(C)CC(CC)NCCSC(F)(F)F. The third-order valence-corrected chi connectivity index (χ3v) is 3.41. The number of thioether (sulfide) groups is 1. The molecule has 0 fully saturated rings. The van der Waals surface area contributed by atoms with Crippen LogP contribution in [0.25, 0.3) is 0 Å². The van der Waals surface area contributed by atoms with Crippen molar-refractivity contribution in [3.8, 4) is 0 Å². The Labute approximate surface area is 101 Å². The molecule has 0 bridgehead atoms. The normalized spacial score (nSPS) is 16.1. The van der Waals surface area contributed by atoms with E-state index >= 15 is 0 Å². The van der Waals surface area contributed by atoms with E-state index in [9.17, 15) is 13.2 Å². The first-order valence-corrected chi connectivity index (χ1v) is 6.81. The molecule has 0 aromatic rings. The molecule has 0 aromatic carbocycles. The van der Waals surface area contributed by atoms with Gasteiger partial charge in [0.15, 0.2) is 0 Å². The van der Waals surface area contributed by atoms with Crippen LogP contribution in [-0.4, -0.2) is 23.8 Å². The molecular weight excluding hydrogens is 235 g/mol. The summed E-state index contributed by atoms with van der Waals surface area (Å²) in [7, 11) is 0. The van der Waals surface area contributed by atoms with Crippen molar-refractivity contribution in [1.29, 1.82) is 0 Å². The van der Waals surface area contributed by atoms with Gasteiger partial charge >= 0.3 is 5.51 Å². The number of nitrogens with one attached hydrogen (secondary N) is 1. The molecule has 0 saturated carbocycles. The van der Waals surface area contributed by atoms with Crippen LogP contribution >= 0.6 is 11.8 Å². The van der Waals surface area contributed by atoms with Gasteiger partial charge in [0, 0.05) is 18.3 Å². The van der Waals surface area contributed by atoms with Gasteiger partial charge in [-0.3, -0.25) is 0 Å². The van der Waals surface area contributed by atoms with Gasteiger partial charge in [-0.1, -0.05) is 27.2 Å². The molecule has 1 N–H and O–H groups in total. The van der Waals surface area contributed by atoms with Crippen LogP contribution in [0.3, 0.4) is 0 Å². The highest BCUT2D eigenvalue weighted by Crippen LogP contribution is 2.29. The first-order valence-electron chi connectivity index (χ1n) is 5.83. The highest BCUT2D eigenvalue weighted by Gasteiger charge is 2.27. The number of halogens is 3. The predicted octanol–water partition coefficient (Wildman–Crippen LogP) is 4.04. The molecule has 98 valence electrons. The standard InChI is InChI=1S/C11H22F3NS/c1-4-9(3)8-10(5-2)15-6-7-16-11(12,13)14/h9-10,15H,4-8H2,1-3H3. The minimum atomic E-state index is -4.10. The Hall–Kier alpha value is 0.100. The van der Waals surface area contributed by atoms with Crippen LogP contribution in [0.15, 0.2) is 0 Å². The molecule has 0 rings (SSSR count). The highest BCUT2D eigenvalue weighted by atomic mass is 32.2. The molecule has 0 amide bonds. The molecule has 2 atom stereocenters. The van der Waals surface area contributed by atoms with E-state index in [1.165, 1.54) is 0 Å².